The van der Waals surface area contributed by atoms with Crippen LogP contribution in [0.3, 0.4) is 0 Å². The Balaban J connectivity index is 2.08. The first-order valence-electron chi connectivity index (χ1n) is 7.21. The highest BCUT2D eigenvalue weighted by molar-refractivity contribution is 4.83. The SMILES string of the molecule is COCCCN(CCNC(C)C1CC1)CCOC. The first-order valence-corrected chi connectivity index (χ1v) is 7.21. The highest BCUT2D eigenvalue weighted by atomic mass is 16.5. The monoisotopic (exact) mass is 258 g/mol. The Labute approximate surface area is 112 Å². The number of hydrogen-bond acceptors (Lipinski definition) is 4. The van der Waals surface area contributed by atoms with E-state index in [1.807, 2.05) is 0 Å². The third-order valence-corrected chi connectivity index (χ3v) is 3.66. The minimum Gasteiger partial charge on any atom is -0.385 e. The van der Waals surface area contributed by atoms with Crippen molar-refractivity contribution in [3.05, 3.63) is 0 Å². The van der Waals surface area contributed by atoms with Gasteiger partial charge in [-0.25, -0.2) is 0 Å². The van der Waals surface area contributed by atoms with Crippen molar-refractivity contribution < 1.29 is 9.47 Å². The molecule has 18 heavy (non-hydrogen) atoms. The summed E-state index contributed by atoms with van der Waals surface area (Å²) in [6, 6.07) is 0.688. The molecule has 1 N–H and O–H groups in total. The van der Waals surface area contributed by atoms with Crippen LogP contribution < -0.4 is 5.32 Å². The zero-order valence-corrected chi connectivity index (χ0v) is 12.3. The molecule has 1 unspecified atom stereocenters. The maximum absolute atomic E-state index is 5.16. The van der Waals surface area contributed by atoms with Gasteiger partial charge in [-0.3, -0.25) is 4.90 Å². The molecule has 1 aliphatic carbocycles. The Hall–Kier alpha value is -0.160. The molecule has 0 saturated heterocycles. The van der Waals surface area contributed by atoms with Gasteiger partial charge in [0.15, 0.2) is 0 Å². The van der Waals surface area contributed by atoms with E-state index in [-0.39, 0.29) is 0 Å². The van der Waals surface area contributed by atoms with E-state index in [9.17, 15) is 0 Å². The third-order valence-electron chi connectivity index (χ3n) is 3.66. The van der Waals surface area contributed by atoms with Gasteiger partial charge in [0, 0.05) is 53.0 Å². The first-order chi connectivity index (χ1) is 8.77. The lowest BCUT2D eigenvalue weighted by atomic mass is 10.2. The van der Waals surface area contributed by atoms with Crippen LogP contribution in [0, 0.1) is 5.92 Å². The van der Waals surface area contributed by atoms with Crippen LogP contribution in [0.4, 0.5) is 0 Å². The molecule has 1 aliphatic rings. The fourth-order valence-corrected chi connectivity index (χ4v) is 2.20. The lowest BCUT2D eigenvalue weighted by molar-refractivity contribution is 0.132. The van der Waals surface area contributed by atoms with Gasteiger partial charge in [0.25, 0.3) is 0 Å². The average molecular weight is 258 g/mol. The van der Waals surface area contributed by atoms with E-state index in [1.54, 1.807) is 14.2 Å². The topological polar surface area (TPSA) is 33.7 Å². The molecular formula is C14H30N2O2. The van der Waals surface area contributed by atoms with Crippen molar-refractivity contribution in [3.8, 4) is 0 Å². The van der Waals surface area contributed by atoms with Crippen LogP contribution in [-0.2, 0) is 9.47 Å². The zero-order chi connectivity index (χ0) is 13.2. The molecule has 1 rings (SSSR count). The normalized spacial score (nSPS) is 17.3. The largest absolute Gasteiger partial charge is 0.385 e. The molecule has 0 radical (unpaired) electrons. The number of rotatable bonds is 12. The summed E-state index contributed by atoms with van der Waals surface area (Å²) in [5.74, 6) is 0.936. The van der Waals surface area contributed by atoms with E-state index in [0.29, 0.717) is 6.04 Å². The zero-order valence-electron chi connectivity index (χ0n) is 12.3. The molecule has 1 saturated carbocycles. The molecule has 0 bridgehead atoms. The fraction of sp³-hybridized carbons (Fsp3) is 1.00. The standard InChI is InChI=1S/C14H30N2O2/c1-13(14-5-6-14)15-7-9-16(10-12-18-3)8-4-11-17-2/h13-15H,4-12H2,1-3H3. The predicted octanol–water partition coefficient (Wildman–Crippen LogP) is 1.36. The summed E-state index contributed by atoms with van der Waals surface area (Å²) in [5, 5.41) is 3.63. The minimum absolute atomic E-state index is 0.688. The maximum Gasteiger partial charge on any atom is 0.0589 e. The maximum atomic E-state index is 5.16. The van der Waals surface area contributed by atoms with Crippen molar-refractivity contribution in [1.29, 1.82) is 0 Å². The van der Waals surface area contributed by atoms with Gasteiger partial charge in [0.1, 0.15) is 0 Å². The van der Waals surface area contributed by atoms with Crippen molar-refractivity contribution in [2.24, 2.45) is 5.92 Å². The summed E-state index contributed by atoms with van der Waals surface area (Å²) < 4.78 is 10.3. The summed E-state index contributed by atoms with van der Waals surface area (Å²) in [4.78, 5) is 2.45. The molecule has 0 aliphatic heterocycles. The van der Waals surface area contributed by atoms with Crippen LogP contribution in [0.1, 0.15) is 26.2 Å². The van der Waals surface area contributed by atoms with E-state index in [4.69, 9.17) is 9.47 Å². The minimum atomic E-state index is 0.688. The number of nitrogens with one attached hydrogen (secondary N) is 1. The van der Waals surface area contributed by atoms with E-state index in [0.717, 1.165) is 51.7 Å². The number of ether oxygens (including phenoxy) is 2. The third kappa shape index (κ3) is 7.31. The molecule has 0 aromatic carbocycles. The highest BCUT2D eigenvalue weighted by Gasteiger charge is 2.27. The predicted molar refractivity (Wildman–Crippen MR) is 75.0 cm³/mol. The summed E-state index contributed by atoms with van der Waals surface area (Å²) in [6.45, 7) is 8.25. The molecule has 1 atom stereocenters. The number of hydrogen-bond donors (Lipinski definition) is 1. The van der Waals surface area contributed by atoms with Gasteiger partial charge in [0.05, 0.1) is 6.61 Å². The molecule has 4 heteroatoms. The van der Waals surface area contributed by atoms with Gasteiger partial charge < -0.3 is 14.8 Å². The van der Waals surface area contributed by atoms with Gasteiger partial charge in [-0.2, -0.15) is 0 Å². The van der Waals surface area contributed by atoms with E-state index in [1.165, 1.54) is 12.8 Å². The molecule has 1 fully saturated rings. The molecule has 0 aromatic rings. The van der Waals surface area contributed by atoms with Crippen LogP contribution in [0.15, 0.2) is 0 Å². The molecule has 0 aromatic heterocycles. The molecule has 0 spiro atoms. The van der Waals surface area contributed by atoms with E-state index in [2.05, 4.69) is 17.1 Å². The lowest BCUT2D eigenvalue weighted by Crippen LogP contribution is -2.38. The van der Waals surface area contributed by atoms with E-state index < -0.39 is 0 Å². The van der Waals surface area contributed by atoms with Crippen molar-refractivity contribution in [3.63, 3.8) is 0 Å². The lowest BCUT2D eigenvalue weighted by Gasteiger charge is -2.23. The molecule has 0 amide bonds. The number of nitrogens with zero attached hydrogens (tertiary/aromatic N) is 1. The summed E-state index contributed by atoms with van der Waals surface area (Å²) >= 11 is 0. The van der Waals surface area contributed by atoms with Gasteiger partial charge in [0.2, 0.25) is 0 Å². The van der Waals surface area contributed by atoms with Gasteiger partial charge in [-0.15, -0.1) is 0 Å². The average Bonchev–Trinajstić information content (AvgIpc) is 3.19. The van der Waals surface area contributed by atoms with Crippen molar-refractivity contribution >= 4 is 0 Å². The Morgan fingerprint density at radius 3 is 2.44 bits per heavy atom. The molecule has 0 heterocycles. The van der Waals surface area contributed by atoms with Crippen LogP contribution in [0.2, 0.25) is 0 Å². The Kier molecular flexibility index (Phi) is 8.59. The second-order valence-electron chi connectivity index (χ2n) is 5.26. The summed E-state index contributed by atoms with van der Waals surface area (Å²) in [7, 11) is 3.53. The second-order valence-corrected chi connectivity index (χ2v) is 5.26. The van der Waals surface area contributed by atoms with Gasteiger partial charge >= 0.3 is 0 Å². The smallest absolute Gasteiger partial charge is 0.0589 e. The Bertz CT molecular complexity index is 198. The second kappa shape index (κ2) is 9.73. The quantitative estimate of drug-likeness (QED) is 0.536. The summed E-state index contributed by atoms with van der Waals surface area (Å²) in [5.41, 5.74) is 0. The summed E-state index contributed by atoms with van der Waals surface area (Å²) in [6.07, 6.45) is 3.92. The van der Waals surface area contributed by atoms with Gasteiger partial charge in [-0.1, -0.05) is 0 Å². The van der Waals surface area contributed by atoms with Crippen molar-refractivity contribution in [2.45, 2.75) is 32.2 Å². The van der Waals surface area contributed by atoms with Crippen LogP contribution in [-0.4, -0.2) is 64.6 Å². The molecular weight excluding hydrogens is 228 g/mol. The molecule has 108 valence electrons. The molecule has 4 nitrogen and oxygen atoms in total. The van der Waals surface area contributed by atoms with E-state index >= 15 is 0 Å². The van der Waals surface area contributed by atoms with Gasteiger partial charge in [-0.05, 0) is 32.1 Å². The Morgan fingerprint density at radius 1 is 1.11 bits per heavy atom. The first kappa shape index (κ1) is 15.9. The van der Waals surface area contributed by atoms with Crippen molar-refractivity contribution in [1.82, 2.24) is 10.2 Å². The van der Waals surface area contributed by atoms with Crippen molar-refractivity contribution in [2.75, 3.05) is 53.6 Å². The van der Waals surface area contributed by atoms with Crippen LogP contribution in [0.5, 0.6) is 0 Å². The van der Waals surface area contributed by atoms with Crippen LogP contribution in [0.25, 0.3) is 0 Å². The Morgan fingerprint density at radius 2 is 1.83 bits per heavy atom. The number of methoxy groups -OCH3 is 2. The fourth-order valence-electron chi connectivity index (χ4n) is 2.20. The highest BCUT2D eigenvalue weighted by Crippen LogP contribution is 2.32. The van der Waals surface area contributed by atoms with Crippen LogP contribution >= 0.6 is 0 Å².